The van der Waals surface area contributed by atoms with Crippen molar-refractivity contribution in [1.29, 1.82) is 5.26 Å². The Morgan fingerprint density at radius 3 is 2.41 bits per heavy atom. The van der Waals surface area contributed by atoms with Crippen LogP contribution in [-0.2, 0) is 0 Å². The molecule has 1 fully saturated rings. The zero-order valence-corrected chi connectivity index (χ0v) is 16.8. The van der Waals surface area contributed by atoms with E-state index in [1.807, 2.05) is 16.8 Å². The van der Waals surface area contributed by atoms with E-state index in [-0.39, 0.29) is 5.69 Å². The number of hydrogen-bond donors (Lipinski definition) is 1. The van der Waals surface area contributed by atoms with Gasteiger partial charge in [-0.2, -0.15) is 5.26 Å². The maximum Gasteiger partial charge on any atom is 0.158 e. The van der Waals surface area contributed by atoms with E-state index in [0.29, 0.717) is 23.6 Å². The Labute approximate surface area is 170 Å². The minimum Gasteiger partial charge on any atom is -0.370 e. The maximum absolute atomic E-state index is 8.79. The van der Waals surface area contributed by atoms with Crippen LogP contribution in [0.3, 0.4) is 0 Å². The SMILES string of the molecule is C[C@@H]1CN(c2ccc(-n3cnc(Nc4cnc(C#N)cn4)c3)cc2)C[C@@H]1N(C)C. The van der Waals surface area contributed by atoms with Crippen LogP contribution in [0.4, 0.5) is 17.3 Å². The topological polar surface area (TPSA) is 85.9 Å². The average molecular weight is 388 g/mol. The molecule has 3 aromatic rings. The predicted octanol–water partition coefficient (Wildman–Crippen LogP) is 2.66. The van der Waals surface area contributed by atoms with Crippen LogP contribution < -0.4 is 10.2 Å². The van der Waals surface area contributed by atoms with Crippen molar-refractivity contribution < 1.29 is 0 Å². The quantitative estimate of drug-likeness (QED) is 0.719. The van der Waals surface area contributed by atoms with E-state index >= 15 is 0 Å². The molecule has 8 nitrogen and oxygen atoms in total. The average Bonchev–Trinajstić information content (AvgIpc) is 3.35. The van der Waals surface area contributed by atoms with Crippen LogP contribution in [-0.4, -0.2) is 57.6 Å². The molecule has 0 aliphatic carbocycles. The van der Waals surface area contributed by atoms with Gasteiger partial charge in [0.2, 0.25) is 0 Å². The van der Waals surface area contributed by atoms with Gasteiger partial charge in [-0.05, 0) is 44.3 Å². The van der Waals surface area contributed by atoms with Crippen LogP contribution in [0.5, 0.6) is 0 Å². The first-order chi connectivity index (χ1) is 14.0. The number of anilines is 3. The minimum atomic E-state index is 0.283. The second-order valence-corrected chi connectivity index (χ2v) is 7.62. The number of rotatable bonds is 5. The van der Waals surface area contributed by atoms with Gasteiger partial charge < -0.3 is 19.7 Å². The number of benzene rings is 1. The number of likely N-dealkylation sites (N-methyl/N-ethyl adjacent to an activating group) is 1. The molecule has 4 rings (SSSR count). The van der Waals surface area contributed by atoms with Crippen molar-refractivity contribution in [2.45, 2.75) is 13.0 Å². The molecular formula is C21H24N8. The summed E-state index contributed by atoms with van der Waals surface area (Å²) in [4.78, 5) is 17.3. The standard InChI is InChI=1S/C21H24N8/c1-15-11-28(12-19(15)27(2)3)17-4-6-18(7-5-17)29-13-21(25-14-29)26-20-10-23-16(8-22)9-24-20/h4-7,9-10,13-15,19H,11-12H2,1-3H3,(H,24,26)/t15-,19+/m1/s1. The molecular weight excluding hydrogens is 364 g/mol. The first-order valence-electron chi connectivity index (χ1n) is 9.58. The first kappa shape index (κ1) is 18.9. The molecule has 1 aliphatic rings. The number of aromatic nitrogens is 4. The fourth-order valence-electron chi connectivity index (χ4n) is 3.78. The summed E-state index contributed by atoms with van der Waals surface area (Å²) in [5, 5.41) is 11.9. The minimum absolute atomic E-state index is 0.283. The molecule has 0 radical (unpaired) electrons. The Hall–Kier alpha value is -3.44. The summed E-state index contributed by atoms with van der Waals surface area (Å²) in [6.07, 6.45) is 6.60. The molecule has 0 bridgehead atoms. The highest BCUT2D eigenvalue weighted by atomic mass is 15.2. The lowest BCUT2D eigenvalue weighted by atomic mass is 10.1. The monoisotopic (exact) mass is 388 g/mol. The van der Waals surface area contributed by atoms with Gasteiger partial charge in [0.05, 0.1) is 18.6 Å². The van der Waals surface area contributed by atoms with Crippen LogP contribution >= 0.6 is 0 Å². The zero-order chi connectivity index (χ0) is 20.4. The van der Waals surface area contributed by atoms with Crippen molar-refractivity contribution in [3.05, 3.63) is 54.9 Å². The van der Waals surface area contributed by atoms with E-state index in [0.717, 1.165) is 18.8 Å². The Balaban J connectivity index is 1.44. The van der Waals surface area contributed by atoms with Crippen molar-refractivity contribution in [2.24, 2.45) is 5.92 Å². The van der Waals surface area contributed by atoms with Crippen molar-refractivity contribution in [1.82, 2.24) is 24.4 Å². The van der Waals surface area contributed by atoms with Gasteiger partial charge >= 0.3 is 0 Å². The van der Waals surface area contributed by atoms with E-state index in [1.165, 1.54) is 18.1 Å². The summed E-state index contributed by atoms with van der Waals surface area (Å²) in [5.41, 5.74) is 2.57. The molecule has 1 saturated heterocycles. The predicted molar refractivity (Wildman–Crippen MR) is 112 cm³/mol. The molecule has 0 unspecified atom stereocenters. The smallest absolute Gasteiger partial charge is 0.158 e. The van der Waals surface area contributed by atoms with Gasteiger partial charge in [-0.15, -0.1) is 0 Å². The summed E-state index contributed by atoms with van der Waals surface area (Å²) in [6, 6.07) is 11.1. The van der Waals surface area contributed by atoms with E-state index in [1.54, 1.807) is 6.33 Å². The third kappa shape index (κ3) is 4.05. The Kier molecular flexibility index (Phi) is 5.14. The molecule has 2 atom stereocenters. The number of nitrogens with zero attached hydrogens (tertiary/aromatic N) is 7. The normalized spacial score (nSPS) is 18.8. The molecule has 1 N–H and O–H groups in total. The number of nitriles is 1. The lowest BCUT2D eigenvalue weighted by Crippen LogP contribution is -2.34. The Bertz CT molecular complexity index is 1000. The molecule has 2 aromatic heterocycles. The number of hydrogen-bond acceptors (Lipinski definition) is 7. The summed E-state index contributed by atoms with van der Waals surface area (Å²) >= 11 is 0. The van der Waals surface area contributed by atoms with Gasteiger partial charge in [0.15, 0.2) is 5.69 Å². The van der Waals surface area contributed by atoms with Gasteiger partial charge in [-0.1, -0.05) is 6.92 Å². The van der Waals surface area contributed by atoms with Crippen LogP contribution in [0, 0.1) is 17.2 Å². The Morgan fingerprint density at radius 1 is 1.03 bits per heavy atom. The van der Waals surface area contributed by atoms with Gasteiger partial charge in [-0.25, -0.2) is 15.0 Å². The molecule has 0 saturated carbocycles. The molecule has 1 aliphatic heterocycles. The summed E-state index contributed by atoms with van der Waals surface area (Å²) in [6.45, 7) is 4.45. The maximum atomic E-state index is 8.79. The van der Waals surface area contributed by atoms with Crippen molar-refractivity contribution in [3.8, 4) is 11.8 Å². The Morgan fingerprint density at radius 2 is 1.79 bits per heavy atom. The summed E-state index contributed by atoms with van der Waals surface area (Å²) in [5.74, 6) is 1.86. The number of nitrogens with one attached hydrogen (secondary N) is 1. The van der Waals surface area contributed by atoms with Crippen LogP contribution in [0.15, 0.2) is 49.2 Å². The van der Waals surface area contributed by atoms with Gasteiger partial charge in [0.25, 0.3) is 0 Å². The largest absolute Gasteiger partial charge is 0.370 e. The van der Waals surface area contributed by atoms with Crippen molar-refractivity contribution in [3.63, 3.8) is 0 Å². The highest BCUT2D eigenvalue weighted by molar-refractivity contribution is 5.54. The van der Waals surface area contributed by atoms with Gasteiger partial charge in [0, 0.05) is 30.5 Å². The van der Waals surface area contributed by atoms with E-state index in [9.17, 15) is 0 Å². The molecule has 0 spiro atoms. The summed E-state index contributed by atoms with van der Waals surface area (Å²) in [7, 11) is 4.31. The summed E-state index contributed by atoms with van der Waals surface area (Å²) < 4.78 is 1.96. The second-order valence-electron chi connectivity index (χ2n) is 7.62. The lowest BCUT2D eigenvalue weighted by Gasteiger charge is -2.23. The van der Waals surface area contributed by atoms with Crippen LogP contribution in [0.2, 0.25) is 0 Å². The fourth-order valence-corrected chi connectivity index (χ4v) is 3.78. The lowest BCUT2D eigenvalue weighted by molar-refractivity contribution is 0.266. The third-order valence-electron chi connectivity index (χ3n) is 5.35. The van der Waals surface area contributed by atoms with Crippen molar-refractivity contribution >= 4 is 17.3 Å². The van der Waals surface area contributed by atoms with Crippen LogP contribution in [0.25, 0.3) is 5.69 Å². The number of imidazole rings is 1. The van der Waals surface area contributed by atoms with Gasteiger partial charge in [0.1, 0.15) is 24.0 Å². The second kappa shape index (κ2) is 7.89. The third-order valence-corrected chi connectivity index (χ3v) is 5.35. The van der Waals surface area contributed by atoms with Crippen LogP contribution in [0.1, 0.15) is 12.6 Å². The van der Waals surface area contributed by atoms with E-state index < -0.39 is 0 Å². The van der Waals surface area contributed by atoms with Crippen molar-refractivity contribution in [2.75, 3.05) is 37.4 Å². The molecule has 1 aromatic carbocycles. The van der Waals surface area contributed by atoms with E-state index in [2.05, 4.69) is 75.4 Å². The highest BCUT2D eigenvalue weighted by Gasteiger charge is 2.30. The van der Waals surface area contributed by atoms with Gasteiger partial charge in [-0.3, -0.25) is 0 Å². The molecule has 8 heteroatoms. The van der Waals surface area contributed by atoms with E-state index in [4.69, 9.17) is 5.26 Å². The molecule has 0 amide bonds. The first-order valence-corrected chi connectivity index (χ1v) is 9.58. The molecule has 29 heavy (non-hydrogen) atoms. The zero-order valence-electron chi connectivity index (χ0n) is 16.8. The fraction of sp³-hybridized carbons (Fsp3) is 0.333. The molecule has 3 heterocycles. The molecule has 148 valence electrons. The highest BCUT2D eigenvalue weighted by Crippen LogP contribution is 2.27.